The van der Waals surface area contributed by atoms with Crippen LogP contribution in [0.5, 0.6) is 0 Å². The number of rotatable bonds is 4. The number of aromatic nitrogens is 3. The molecular weight excluding hydrogens is 224 g/mol. The predicted octanol–water partition coefficient (Wildman–Crippen LogP) is 2.04. The van der Waals surface area contributed by atoms with Crippen LogP contribution < -0.4 is 5.32 Å². The van der Waals surface area contributed by atoms with Crippen molar-refractivity contribution in [2.24, 2.45) is 24.8 Å². The fourth-order valence-corrected chi connectivity index (χ4v) is 3.91. The first-order valence-corrected chi connectivity index (χ1v) is 7.23. The van der Waals surface area contributed by atoms with Crippen molar-refractivity contribution in [1.29, 1.82) is 0 Å². The molecule has 0 amide bonds. The van der Waals surface area contributed by atoms with Gasteiger partial charge in [0.2, 0.25) is 0 Å². The summed E-state index contributed by atoms with van der Waals surface area (Å²) in [6.45, 7) is 5.18. The zero-order chi connectivity index (χ0) is 12.7. The quantitative estimate of drug-likeness (QED) is 0.886. The molecule has 4 heteroatoms. The average Bonchev–Trinajstić information content (AvgIpc) is 3.05. The van der Waals surface area contributed by atoms with Crippen LogP contribution in [0.25, 0.3) is 0 Å². The third-order valence-corrected chi connectivity index (χ3v) is 5.20. The van der Waals surface area contributed by atoms with Crippen molar-refractivity contribution in [2.75, 3.05) is 0 Å². The van der Waals surface area contributed by atoms with Gasteiger partial charge in [0.1, 0.15) is 11.6 Å². The molecule has 1 heterocycles. The predicted molar refractivity (Wildman–Crippen MR) is 71.0 cm³/mol. The molecule has 18 heavy (non-hydrogen) atoms. The van der Waals surface area contributed by atoms with E-state index in [1.165, 1.54) is 25.7 Å². The number of nitrogens with one attached hydrogen (secondary N) is 1. The van der Waals surface area contributed by atoms with E-state index in [-0.39, 0.29) is 0 Å². The van der Waals surface area contributed by atoms with Gasteiger partial charge in [-0.3, -0.25) is 0 Å². The molecule has 2 saturated carbocycles. The van der Waals surface area contributed by atoms with E-state index >= 15 is 0 Å². The van der Waals surface area contributed by atoms with Gasteiger partial charge in [0.05, 0.1) is 6.54 Å². The summed E-state index contributed by atoms with van der Waals surface area (Å²) in [5.74, 6) is 4.93. The van der Waals surface area contributed by atoms with Crippen LogP contribution in [0.1, 0.15) is 44.3 Å². The van der Waals surface area contributed by atoms with Crippen LogP contribution in [0, 0.1) is 24.7 Å². The van der Waals surface area contributed by atoms with Crippen molar-refractivity contribution in [3.63, 3.8) is 0 Å². The normalized spacial score (nSPS) is 32.1. The first-order chi connectivity index (χ1) is 8.65. The zero-order valence-corrected chi connectivity index (χ0v) is 11.7. The number of fused-ring (bicyclic) bond motifs is 2. The van der Waals surface area contributed by atoms with Crippen molar-refractivity contribution in [2.45, 2.75) is 52.1 Å². The van der Waals surface area contributed by atoms with E-state index in [1.54, 1.807) is 0 Å². The number of aryl methyl sites for hydroxylation is 1. The van der Waals surface area contributed by atoms with E-state index in [4.69, 9.17) is 0 Å². The molecule has 0 radical (unpaired) electrons. The SMILES string of the molecule is Cc1nnc(CNC(C)C2CC3CCC2C3)n1C. The minimum Gasteiger partial charge on any atom is -0.317 e. The van der Waals surface area contributed by atoms with Gasteiger partial charge in [-0.1, -0.05) is 6.42 Å². The van der Waals surface area contributed by atoms with E-state index in [0.29, 0.717) is 6.04 Å². The third kappa shape index (κ3) is 2.07. The minimum absolute atomic E-state index is 0.609. The van der Waals surface area contributed by atoms with Crippen LogP contribution in [-0.2, 0) is 13.6 Å². The highest BCUT2D eigenvalue weighted by molar-refractivity contribution is 4.96. The Balaban J connectivity index is 1.55. The fraction of sp³-hybridized carbons (Fsp3) is 0.857. The van der Waals surface area contributed by atoms with E-state index in [1.807, 2.05) is 14.0 Å². The van der Waals surface area contributed by atoms with Gasteiger partial charge in [0.15, 0.2) is 0 Å². The van der Waals surface area contributed by atoms with Crippen LogP contribution in [-0.4, -0.2) is 20.8 Å². The van der Waals surface area contributed by atoms with Crippen molar-refractivity contribution < 1.29 is 0 Å². The molecule has 4 nitrogen and oxygen atoms in total. The molecule has 2 aliphatic rings. The van der Waals surface area contributed by atoms with E-state index in [2.05, 4.69) is 27.0 Å². The summed E-state index contributed by atoms with van der Waals surface area (Å²) in [4.78, 5) is 0. The average molecular weight is 248 g/mol. The molecule has 1 aromatic heterocycles. The summed E-state index contributed by atoms with van der Waals surface area (Å²) < 4.78 is 2.07. The van der Waals surface area contributed by atoms with Gasteiger partial charge < -0.3 is 9.88 Å². The summed E-state index contributed by atoms with van der Waals surface area (Å²) in [5.41, 5.74) is 0. The minimum atomic E-state index is 0.609. The highest BCUT2D eigenvalue weighted by atomic mass is 15.3. The first-order valence-electron chi connectivity index (χ1n) is 7.23. The lowest BCUT2D eigenvalue weighted by Gasteiger charge is -2.28. The largest absolute Gasteiger partial charge is 0.317 e. The Morgan fingerprint density at radius 1 is 1.33 bits per heavy atom. The van der Waals surface area contributed by atoms with Gasteiger partial charge in [-0.25, -0.2) is 0 Å². The molecule has 1 N–H and O–H groups in total. The van der Waals surface area contributed by atoms with Crippen molar-refractivity contribution in [3.8, 4) is 0 Å². The number of hydrogen-bond acceptors (Lipinski definition) is 3. The number of nitrogens with zero attached hydrogens (tertiary/aromatic N) is 3. The lowest BCUT2D eigenvalue weighted by Crippen LogP contribution is -2.36. The molecule has 4 atom stereocenters. The summed E-state index contributed by atoms with van der Waals surface area (Å²) in [6.07, 6.45) is 5.87. The van der Waals surface area contributed by atoms with Crippen LogP contribution in [0.15, 0.2) is 0 Å². The highest BCUT2D eigenvalue weighted by Crippen LogP contribution is 2.49. The molecule has 2 fully saturated rings. The maximum Gasteiger partial charge on any atom is 0.146 e. The molecule has 2 bridgehead atoms. The molecular formula is C14H24N4. The standard InChI is InChI=1S/C14H24N4/c1-9(13-7-11-4-5-12(13)6-11)15-8-14-17-16-10(2)18(14)3/h9,11-13,15H,4-8H2,1-3H3. The second-order valence-electron chi connectivity index (χ2n) is 6.23. The Morgan fingerprint density at radius 2 is 2.17 bits per heavy atom. The van der Waals surface area contributed by atoms with E-state index < -0.39 is 0 Å². The van der Waals surface area contributed by atoms with E-state index in [0.717, 1.165) is 35.9 Å². The molecule has 3 rings (SSSR count). The zero-order valence-electron chi connectivity index (χ0n) is 11.7. The van der Waals surface area contributed by atoms with Crippen molar-refractivity contribution in [1.82, 2.24) is 20.1 Å². The van der Waals surface area contributed by atoms with Gasteiger partial charge >= 0.3 is 0 Å². The van der Waals surface area contributed by atoms with Crippen LogP contribution in [0.2, 0.25) is 0 Å². The van der Waals surface area contributed by atoms with Crippen molar-refractivity contribution in [3.05, 3.63) is 11.6 Å². The Bertz CT molecular complexity index is 425. The molecule has 0 aliphatic heterocycles. The second kappa shape index (κ2) is 4.65. The summed E-state index contributed by atoms with van der Waals surface area (Å²) in [7, 11) is 2.04. The topological polar surface area (TPSA) is 42.7 Å². The van der Waals surface area contributed by atoms with Crippen LogP contribution in [0.3, 0.4) is 0 Å². The van der Waals surface area contributed by atoms with Gasteiger partial charge in [0, 0.05) is 13.1 Å². The monoisotopic (exact) mass is 248 g/mol. The molecule has 0 spiro atoms. The third-order valence-electron chi connectivity index (χ3n) is 5.20. The molecule has 1 aromatic rings. The smallest absolute Gasteiger partial charge is 0.146 e. The van der Waals surface area contributed by atoms with Gasteiger partial charge in [-0.15, -0.1) is 10.2 Å². The Kier molecular flexibility index (Phi) is 3.14. The first kappa shape index (κ1) is 12.2. The summed E-state index contributed by atoms with van der Waals surface area (Å²) >= 11 is 0. The van der Waals surface area contributed by atoms with Gasteiger partial charge in [-0.2, -0.15) is 0 Å². The van der Waals surface area contributed by atoms with Gasteiger partial charge in [0.25, 0.3) is 0 Å². The molecule has 4 unspecified atom stereocenters. The Labute approximate surface area is 109 Å². The number of hydrogen-bond donors (Lipinski definition) is 1. The highest BCUT2D eigenvalue weighted by Gasteiger charge is 2.41. The molecule has 2 aliphatic carbocycles. The molecule has 0 saturated heterocycles. The summed E-state index contributed by atoms with van der Waals surface area (Å²) in [6, 6.07) is 0.609. The second-order valence-corrected chi connectivity index (χ2v) is 6.23. The molecule has 100 valence electrons. The van der Waals surface area contributed by atoms with Crippen molar-refractivity contribution >= 4 is 0 Å². The maximum atomic E-state index is 4.21. The fourth-order valence-electron chi connectivity index (χ4n) is 3.91. The van der Waals surface area contributed by atoms with E-state index in [9.17, 15) is 0 Å². The molecule has 0 aromatic carbocycles. The van der Waals surface area contributed by atoms with Crippen LogP contribution >= 0.6 is 0 Å². The lowest BCUT2D eigenvalue weighted by atomic mass is 9.84. The van der Waals surface area contributed by atoms with Crippen LogP contribution in [0.4, 0.5) is 0 Å². The van der Waals surface area contributed by atoms with Gasteiger partial charge in [-0.05, 0) is 50.9 Å². The maximum absolute atomic E-state index is 4.21. The Morgan fingerprint density at radius 3 is 2.72 bits per heavy atom. The lowest BCUT2D eigenvalue weighted by molar-refractivity contribution is 0.258. The Hall–Kier alpha value is -0.900. The summed E-state index contributed by atoms with van der Waals surface area (Å²) in [5, 5.41) is 12.0.